The predicted octanol–water partition coefficient (Wildman–Crippen LogP) is 0.410. The molecule has 1 rings (SSSR count). The summed E-state index contributed by atoms with van der Waals surface area (Å²) in [5.74, 6) is 0. The van der Waals surface area contributed by atoms with E-state index in [1.165, 1.54) is 6.33 Å². The number of rotatable bonds is 0. The SMILES string of the molecule is N#Cc1ncns1. The van der Waals surface area contributed by atoms with Gasteiger partial charge in [0, 0.05) is 0 Å². The van der Waals surface area contributed by atoms with Crippen LogP contribution in [-0.2, 0) is 0 Å². The summed E-state index contributed by atoms with van der Waals surface area (Å²) in [4.78, 5) is 3.58. The molecule has 0 N–H and O–H groups in total. The Bertz CT molecular complexity index is 173. The zero-order valence-electron chi connectivity index (χ0n) is 3.33. The Morgan fingerprint density at radius 2 is 2.71 bits per heavy atom. The average molecular weight is 111 g/mol. The highest BCUT2D eigenvalue weighted by molar-refractivity contribution is 7.05. The highest BCUT2D eigenvalue weighted by atomic mass is 32.1. The van der Waals surface area contributed by atoms with E-state index in [9.17, 15) is 0 Å². The van der Waals surface area contributed by atoms with Gasteiger partial charge in [0.25, 0.3) is 0 Å². The lowest BCUT2D eigenvalue weighted by molar-refractivity contribution is 1.30. The topological polar surface area (TPSA) is 49.6 Å². The number of nitrogens with zero attached hydrogens (tertiary/aromatic N) is 3. The third-order valence-corrected chi connectivity index (χ3v) is 1.03. The van der Waals surface area contributed by atoms with Crippen molar-refractivity contribution in [3.05, 3.63) is 11.3 Å². The van der Waals surface area contributed by atoms with Crippen molar-refractivity contribution in [1.29, 1.82) is 5.26 Å². The lowest BCUT2D eigenvalue weighted by Gasteiger charge is -1.58. The maximum absolute atomic E-state index is 8.08. The minimum absolute atomic E-state index is 0.417. The first-order chi connectivity index (χ1) is 3.43. The molecule has 0 unspecified atom stereocenters. The van der Waals surface area contributed by atoms with Crippen LogP contribution in [0.15, 0.2) is 6.33 Å². The first kappa shape index (κ1) is 4.22. The van der Waals surface area contributed by atoms with Crippen LogP contribution in [0.5, 0.6) is 0 Å². The lowest BCUT2D eigenvalue weighted by atomic mass is 10.8. The second-order valence-corrected chi connectivity index (χ2v) is 1.64. The number of hydrogen-bond donors (Lipinski definition) is 0. The fraction of sp³-hybridized carbons (Fsp3) is 0. The largest absolute Gasteiger partial charge is 0.213 e. The number of aromatic nitrogens is 2. The van der Waals surface area contributed by atoms with Crippen LogP contribution in [0.3, 0.4) is 0 Å². The van der Waals surface area contributed by atoms with Gasteiger partial charge in [-0.2, -0.15) is 9.64 Å². The summed E-state index contributed by atoms with van der Waals surface area (Å²) in [6, 6.07) is 1.85. The van der Waals surface area contributed by atoms with Crippen molar-refractivity contribution < 1.29 is 0 Å². The molecule has 0 spiro atoms. The third kappa shape index (κ3) is 0.725. The average Bonchev–Trinajstić information content (AvgIpc) is 2.14. The summed E-state index contributed by atoms with van der Waals surface area (Å²) in [6.07, 6.45) is 1.36. The van der Waals surface area contributed by atoms with E-state index in [1.54, 1.807) is 0 Å². The number of hydrogen-bond acceptors (Lipinski definition) is 4. The van der Waals surface area contributed by atoms with Crippen LogP contribution in [0.2, 0.25) is 0 Å². The van der Waals surface area contributed by atoms with Gasteiger partial charge < -0.3 is 0 Å². The Kier molecular flexibility index (Phi) is 1.00. The van der Waals surface area contributed by atoms with Gasteiger partial charge >= 0.3 is 0 Å². The Hall–Kier alpha value is -0.950. The van der Waals surface area contributed by atoms with Gasteiger partial charge in [0.15, 0.2) is 0 Å². The van der Waals surface area contributed by atoms with E-state index in [1.807, 2.05) is 6.07 Å². The fourth-order valence-electron chi connectivity index (χ4n) is 0.222. The van der Waals surface area contributed by atoms with Crippen LogP contribution in [0.25, 0.3) is 0 Å². The third-order valence-electron chi connectivity index (χ3n) is 0.457. The predicted molar refractivity (Wildman–Crippen MR) is 24.6 cm³/mol. The van der Waals surface area contributed by atoms with E-state index in [0.717, 1.165) is 11.5 Å². The molecule has 0 fully saturated rings. The molecule has 1 heterocycles. The van der Waals surface area contributed by atoms with Crippen LogP contribution >= 0.6 is 11.5 Å². The van der Waals surface area contributed by atoms with Crippen LogP contribution in [0.1, 0.15) is 5.01 Å². The van der Waals surface area contributed by atoms with Crippen molar-refractivity contribution in [3.8, 4) is 6.07 Å². The second kappa shape index (κ2) is 1.67. The van der Waals surface area contributed by atoms with Crippen LogP contribution in [0, 0.1) is 11.3 Å². The van der Waals surface area contributed by atoms with Gasteiger partial charge in [-0.15, -0.1) is 0 Å². The van der Waals surface area contributed by atoms with E-state index in [-0.39, 0.29) is 0 Å². The minimum Gasteiger partial charge on any atom is -0.213 e. The molecule has 1 aromatic rings. The molecule has 0 atom stereocenters. The molecule has 0 saturated heterocycles. The van der Waals surface area contributed by atoms with Crippen LogP contribution in [0.4, 0.5) is 0 Å². The normalized spacial score (nSPS) is 7.86. The van der Waals surface area contributed by atoms with Crippen molar-refractivity contribution in [3.63, 3.8) is 0 Å². The maximum Gasteiger partial charge on any atom is 0.213 e. The Morgan fingerprint density at radius 3 is 3.00 bits per heavy atom. The van der Waals surface area contributed by atoms with Crippen LogP contribution in [-0.4, -0.2) is 9.36 Å². The van der Waals surface area contributed by atoms with E-state index < -0.39 is 0 Å². The van der Waals surface area contributed by atoms with E-state index in [0.29, 0.717) is 5.01 Å². The van der Waals surface area contributed by atoms with Crippen molar-refractivity contribution in [2.75, 3.05) is 0 Å². The highest BCUT2D eigenvalue weighted by Gasteiger charge is 1.86. The van der Waals surface area contributed by atoms with Crippen molar-refractivity contribution in [2.45, 2.75) is 0 Å². The maximum atomic E-state index is 8.08. The summed E-state index contributed by atoms with van der Waals surface area (Å²) in [5.41, 5.74) is 0. The molecule has 0 amide bonds. The molecule has 0 aliphatic rings. The molecule has 0 bridgehead atoms. The van der Waals surface area contributed by atoms with E-state index >= 15 is 0 Å². The van der Waals surface area contributed by atoms with Crippen molar-refractivity contribution in [1.82, 2.24) is 9.36 Å². The van der Waals surface area contributed by atoms with Gasteiger partial charge in [0.05, 0.1) is 0 Å². The smallest absolute Gasteiger partial charge is 0.213 e. The van der Waals surface area contributed by atoms with E-state index in [4.69, 9.17) is 5.26 Å². The Labute approximate surface area is 44.4 Å². The molecule has 0 aromatic carbocycles. The molecular weight excluding hydrogens is 110 g/mol. The van der Waals surface area contributed by atoms with Gasteiger partial charge in [-0.1, -0.05) is 0 Å². The van der Waals surface area contributed by atoms with Gasteiger partial charge in [0.2, 0.25) is 5.01 Å². The monoisotopic (exact) mass is 111 g/mol. The zero-order chi connectivity index (χ0) is 5.11. The standard InChI is InChI=1S/C3HN3S/c4-1-3-5-2-6-7-3/h2H. The Balaban J connectivity index is 3.04. The van der Waals surface area contributed by atoms with Gasteiger partial charge in [-0.3, -0.25) is 0 Å². The fourth-order valence-corrected chi connectivity index (χ4v) is 0.552. The van der Waals surface area contributed by atoms with Crippen LogP contribution < -0.4 is 0 Å². The molecule has 3 nitrogen and oxygen atoms in total. The highest BCUT2D eigenvalue weighted by Crippen LogP contribution is 1.93. The van der Waals surface area contributed by atoms with Crippen molar-refractivity contribution in [2.24, 2.45) is 0 Å². The zero-order valence-corrected chi connectivity index (χ0v) is 4.14. The summed E-state index contributed by atoms with van der Waals surface area (Å²) in [7, 11) is 0. The minimum atomic E-state index is 0.417. The molecule has 0 radical (unpaired) electrons. The first-order valence-electron chi connectivity index (χ1n) is 1.60. The molecular formula is C3HN3S. The summed E-state index contributed by atoms with van der Waals surface area (Å²) < 4.78 is 3.60. The van der Waals surface area contributed by atoms with E-state index in [2.05, 4.69) is 9.36 Å². The van der Waals surface area contributed by atoms with Gasteiger partial charge in [-0.05, 0) is 11.5 Å². The molecule has 34 valence electrons. The summed E-state index contributed by atoms with van der Waals surface area (Å²) in [6.45, 7) is 0. The molecule has 7 heavy (non-hydrogen) atoms. The van der Waals surface area contributed by atoms with Gasteiger partial charge in [-0.25, -0.2) is 4.98 Å². The number of nitriles is 1. The lowest BCUT2D eigenvalue weighted by Crippen LogP contribution is -1.61. The molecule has 0 aliphatic heterocycles. The molecule has 1 aromatic heterocycles. The first-order valence-corrected chi connectivity index (χ1v) is 2.37. The quantitative estimate of drug-likeness (QED) is 0.487. The molecule has 4 heteroatoms. The molecule has 0 aliphatic carbocycles. The molecule has 0 saturated carbocycles. The van der Waals surface area contributed by atoms with Gasteiger partial charge in [0.1, 0.15) is 12.4 Å². The summed E-state index contributed by atoms with van der Waals surface area (Å²) >= 11 is 1.10. The summed E-state index contributed by atoms with van der Waals surface area (Å²) in [5, 5.41) is 8.50. The van der Waals surface area contributed by atoms with Crippen molar-refractivity contribution >= 4 is 11.5 Å². The Morgan fingerprint density at radius 1 is 1.86 bits per heavy atom. The second-order valence-electron chi connectivity index (χ2n) is 0.858.